The van der Waals surface area contributed by atoms with Crippen LogP contribution < -0.4 is 5.32 Å². The molecule has 2 heteroatoms. The van der Waals surface area contributed by atoms with Crippen molar-refractivity contribution in [2.24, 2.45) is 17.8 Å². The van der Waals surface area contributed by atoms with E-state index in [0.717, 1.165) is 17.8 Å². The molecule has 0 spiro atoms. The van der Waals surface area contributed by atoms with Gasteiger partial charge in [0.2, 0.25) is 0 Å². The number of benzene rings is 1. The van der Waals surface area contributed by atoms with Crippen molar-refractivity contribution in [2.75, 3.05) is 5.32 Å². The van der Waals surface area contributed by atoms with Crippen molar-refractivity contribution < 1.29 is 0 Å². The Labute approximate surface area is 124 Å². The predicted octanol–water partition coefficient (Wildman–Crippen LogP) is 5.14. The van der Waals surface area contributed by atoms with E-state index in [1.807, 2.05) is 0 Å². The first-order valence-electron chi connectivity index (χ1n) is 7.66. The summed E-state index contributed by atoms with van der Waals surface area (Å²) in [5.74, 6) is 3.01. The van der Waals surface area contributed by atoms with E-state index in [4.69, 9.17) is 0 Å². The van der Waals surface area contributed by atoms with Crippen molar-refractivity contribution in [3.63, 3.8) is 0 Å². The van der Waals surface area contributed by atoms with Gasteiger partial charge in [-0.25, -0.2) is 0 Å². The fourth-order valence-electron chi connectivity index (χ4n) is 5.27. The largest absolute Gasteiger partial charge is 0.379 e. The molecule has 4 saturated carbocycles. The van der Waals surface area contributed by atoms with Crippen LogP contribution >= 0.6 is 15.9 Å². The van der Waals surface area contributed by atoms with Crippen LogP contribution in [0.5, 0.6) is 0 Å². The summed E-state index contributed by atoms with van der Waals surface area (Å²) in [5.41, 5.74) is 3.03. The third kappa shape index (κ3) is 2.12. The maximum atomic E-state index is 3.94. The fourth-order valence-corrected chi connectivity index (χ4v) is 5.86. The van der Waals surface area contributed by atoms with Crippen molar-refractivity contribution in [1.29, 1.82) is 0 Å². The molecule has 0 amide bonds. The van der Waals surface area contributed by atoms with Crippen molar-refractivity contribution in [1.82, 2.24) is 0 Å². The molecular weight excluding hydrogens is 298 g/mol. The van der Waals surface area contributed by atoms with Gasteiger partial charge in [0.05, 0.1) is 0 Å². The van der Waals surface area contributed by atoms with Crippen LogP contribution in [0.4, 0.5) is 5.69 Å². The van der Waals surface area contributed by atoms with Gasteiger partial charge in [0, 0.05) is 15.7 Å². The summed E-state index contributed by atoms with van der Waals surface area (Å²) in [6.45, 7) is 2.15. The van der Waals surface area contributed by atoms with Crippen LogP contribution in [0.1, 0.15) is 44.1 Å². The van der Waals surface area contributed by atoms with Gasteiger partial charge in [-0.2, -0.15) is 0 Å². The summed E-state index contributed by atoms with van der Waals surface area (Å²) in [4.78, 5) is 0. The highest BCUT2D eigenvalue weighted by Gasteiger charge is 2.50. The molecule has 4 bridgehead atoms. The third-order valence-corrected chi connectivity index (χ3v) is 6.22. The molecule has 0 atom stereocenters. The lowest BCUT2D eigenvalue weighted by molar-refractivity contribution is 0.0107. The summed E-state index contributed by atoms with van der Waals surface area (Å²) in [5, 5.41) is 3.94. The Morgan fingerprint density at radius 3 is 2.16 bits per heavy atom. The van der Waals surface area contributed by atoms with Crippen LogP contribution in [0.25, 0.3) is 0 Å². The first kappa shape index (κ1) is 12.3. The Bertz CT molecular complexity index is 473. The fraction of sp³-hybridized carbons (Fsp3) is 0.647. The zero-order valence-corrected chi connectivity index (χ0v) is 13.2. The molecule has 1 N–H and O–H groups in total. The molecule has 0 unspecified atom stereocenters. The molecule has 1 nitrogen and oxygen atoms in total. The number of nitrogens with one attached hydrogen (secondary N) is 1. The number of hydrogen-bond acceptors (Lipinski definition) is 1. The van der Waals surface area contributed by atoms with Gasteiger partial charge >= 0.3 is 0 Å². The van der Waals surface area contributed by atoms with Gasteiger partial charge in [-0.05, 0) is 96.8 Å². The molecule has 0 aromatic heterocycles. The topological polar surface area (TPSA) is 12.0 Å². The average molecular weight is 320 g/mol. The molecule has 0 aliphatic heterocycles. The van der Waals surface area contributed by atoms with E-state index in [2.05, 4.69) is 46.4 Å². The van der Waals surface area contributed by atoms with Crippen LogP contribution in [-0.2, 0) is 0 Å². The molecule has 5 rings (SSSR count). The molecule has 0 radical (unpaired) electrons. The third-order valence-electron chi connectivity index (χ3n) is 5.56. The number of aryl methyl sites for hydroxylation is 1. The molecule has 4 fully saturated rings. The normalized spacial score (nSPS) is 39.6. The summed E-state index contributed by atoms with van der Waals surface area (Å²) in [6, 6.07) is 6.69. The highest BCUT2D eigenvalue weighted by molar-refractivity contribution is 9.10. The van der Waals surface area contributed by atoms with Crippen molar-refractivity contribution in [2.45, 2.75) is 51.0 Å². The lowest BCUT2D eigenvalue weighted by Crippen LogP contribution is -2.54. The Balaban J connectivity index is 1.62. The molecule has 102 valence electrons. The number of rotatable bonds is 2. The van der Waals surface area contributed by atoms with Gasteiger partial charge in [0.25, 0.3) is 0 Å². The summed E-state index contributed by atoms with van der Waals surface area (Å²) in [6.07, 6.45) is 8.74. The van der Waals surface area contributed by atoms with Gasteiger partial charge in [-0.3, -0.25) is 0 Å². The minimum Gasteiger partial charge on any atom is -0.379 e. The van der Waals surface area contributed by atoms with Crippen molar-refractivity contribution in [3.05, 3.63) is 28.2 Å². The van der Waals surface area contributed by atoms with E-state index in [1.165, 1.54) is 54.2 Å². The zero-order valence-electron chi connectivity index (χ0n) is 11.6. The zero-order chi connectivity index (χ0) is 13.0. The second-order valence-electron chi connectivity index (χ2n) is 7.31. The van der Waals surface area contributed by atoms with Gasteiger partial charge in [-0.1, -0.05) is 6.07 Å². The molecule has 1 aromatic rings. The predicted molar refractivity (Wildman–Crippen MR) is 83.4 cm³/mol. The lowest BCUT2D eigenvalue weighted by atomic mass is 9.53. The quantitative estimate of drug-likeness (QED) is 0.796. The first-order chi connectivity index (χ1) is 9.12. The van der Waals surface area contributed by atoms with E-state index in [9.17, 15) is 0 Å². The van der Waals surface area contributed by atoms with Crippen LogP contribution in [0.15, 0.2) is 22.7 Å². The maximum Gasteiger partial charge on any atom is 0.0489 e. The minimum absolute atomic E-state index is 0.409. The lowest BCUT2D eigenvalue weighted by Gasteiger charge is -2.57. The Hall–Kier alpha value is -0.500. The van der Waals surface area contributed by atoms with E-state index in [-0.39, 0.29) is 0 Å². The van der Waals surface area contributed by atoms with Crippen LogP contribution in [0.3, 0.4) is 0 Å². The highest BCUT2D eigenvalue weighted by atomic mass is 79.9. The highest BCUT2D eigenvalue weighted by Crippen LogP contribution is 2.56. The molecule has 19 heavy (non-hydrogen) atoms. The summed E-state index contributed by atoms with van der Waals surface area (Å²) in [7, 11) is 0. The van der Waals surface area contributed by atoms with Gasteiger partial charge in [0.1, 0.15) is 0 Å². The molecule has 4 aliphatic rings. The van der Waals surface area contributed by atoms with Crippen LogP contribution in [0.2, 0.25) is 0 Å². The molecule has 4 aliphatic carbocycles. The van der Waals surface area contributed by atoms with E-state index >= 15 is 0 Å². The van der Waals surface area contributed by atoms with Crippen molar-refractivity contribution >= 4 is 21.6 Å². The molecular formula is C17H22BrN. The number of halogens is 1. The van der Waals surface area contributed by atoms with Crippen LogP contribution in [-0.4, -0.2) is 5.54 Å². The Morgan fingerprint density at radius 1 is 1.05 bits per heavy atom. The second kappa shape index (κ2) is 4.25. The van der Waals surface area contributed by atoms with Gasteiger partial charge < -0.3 is 5.32 Å². The van der Waals surface area contributed by atoms with Crippen molar-refractivity contribution in [3.8, 4) is 0 Å². The van der Waals surface area contributed by atoms with Gasteiger partial charge in [-0.15, -0.1) is 0 Å². The van der Waals surface area contributed by atoms with E-state index < -0.39 is 0 Å². The second-order valence-corrected chi connectivity index (χ2v) is 8.16. The van der Waals surface area contributed by atoms with Gasteiger partial charge in [0.15, 0.2) is 0 Å². The Morgan fingerprint density at radius 2 is 1.63 bits per heavy atom. The smallest absolute Gasteiger partial charge is 0.0489 e. The SMILES string of the molecule is Cc1ccc(NC23CC4CC(CC(C4)C2)C3)c(Br)c1. The number of hydrogen-bond donors (Lipinski definition) is 1. The minimum atomic E-state index is 0.409. The summed E-state index contributed by atoms with van der Waals surface area (Å²) < 4.78 is 1.23. The van der Waals surface area contributed by atoms with Crippen LogP contribution in [0, 0.1) is 24.7 Å². The first-order valence-corrected chi connectivity index (χ1v) is 8.45. The maximum absolute atomic E-state index is 3.94. The molecule has 1 aromatic carbocycles. The van der Waals surface area contributed by atoms with E-state index in [0.29, 0.717) is 5.54 Å². The standard InChI is InChI=1S/C17H22BrN/c1-11-2-3-16(15(18)4-11)19-17-8-12-5-13(9-17)7-14(6-12)10-17/h2-4,12-14,19H,5-10H2,1H3. The number of anilines is 1. The Kier molecular flexibility index (Phi) is 2.74. The van der Waals surface area contributed by atoms with E-state index in [1.54, 1.807) is 0 Å². The summed E-state index contributed by atoms with van der Waals surface area (Å²) >= 11 is 3.72. The average Bonchev–Trinajstić information content (AvgIpc) is 2.31. The monoisotopic (exact) mass is 319 g/mol. The molecule has 0 heterocycles. The molecule has 0 saturated heterocycles.